The number of aryl methyl sites for hydroxylation is 3. The van der Waals surface area contributed by atoms with Gasteiger partial charge in [-0.25, -0.2) is 0 Å². The van der Waals surface area contributed by atoms with Crippen molar-refractivity contribution in [2.45, 2.75) is 40.0 Å². The van der Waals surface area contributed by atoms with Gasteiger partial charge in [-0.3, -0.25) is 0 Å². The van der Waals surface area contributed by atoms with Crippen molar-refractivity contribution in [1.29, 1.82) is 0 Å². The predicted molar refractivity (Wildman–Crippen MR) is 105 cm³/mol. The molecule has 3 heteroatoms. The molecule has 0 radical (unpaired) electrons. The zero-order valence-corrected chi connectivity index (χ0v) is 18.5. The van der Waals surface area contributed by atoms with E-state index in [1.165, 1.54) is 51.4 Å². The summed E-state index contributed by atoms with van der Waals surface area (Å²) >= 11 is -0.826. The number of hydrogen-bond donors (Lipinski definition) is 0. The van der Waals surface area contributed by atoms with E-state index in [9.17, 15) is 0 Å². The molecule has 24 heavy (non-hydrogen) atoms. The van der Waals surface area contributed by atoms with Gasteiger partial charge in [-0.15, -0.1) is 34.5 Å². The van der Waals surface area contributed by atoms with Crippen molar-refractivity contribution in [2.75, 3.05) is 0 Å². The van der Waals surface area contributed by atoms with Crippen LogP contribution in [0.4, 0.5) is 0 Å². The zero-order chi connectivity index (χ0) is 17.5. The van der Waals surface area contributed by atoms with Crippen molar-refractivity contribution in [3.63, 3.8) is 0 Å². The van der Waals surface area contributed by atoms with Crippen LogP contribution < -0.4 is 0 Å². The van der Waals surface area contributed by atoms with E-state index in [0.29, 0.717) is 0 Å². The van der Waals surface area contributed by atoms with Crippen molar-refractivity contribution < 1.29 is 20.8 Å². The molecule has 0 fully saturated rings. The molecule has 0 aliphatic rings. The van der Waals surface area contributed by atoms with Gasteiger partial charge in [0.2, 0.25) is 0 Å². The van der Waals surface area contributed by atoms with Crippen molar-refractivity contribution in [1.82, 2.24) is 0 Å². The number of fused-ring (bicyclic) bond motifs is 1. The first-order chi connectivity index (χ1) is 11.7. The summed E-state index contributed by atoms with van der Waals surface area (Å²) in [5.74, 6) is 0. The second-order valence-corrected chi connectivity index (χ2v) is 9.69. The molecule has 126 valence electrons. The van der Waals surface area contributed by atoms with E-state index in [2.05, 4.69) is 69.3 Å². The Labute approximate surface area is 164 Å². The molecule has 0 N–H and O–H groups in total. The first-order valence-corrected chi connectivity index (χ1v) is 14.7. The first kappa shape index (κ1) is 19.8. The van der Waals surface area contributed by atoms with Gasteiger partial charge in [0.1, 0.15) is 0 Å². The zero-order valence-electron chi connectivity index (χ0n) is 14.5. The summed E-state index contributed by atoms with van der Waals surface area (Å²) < 4.78 is 0. The van der Waals surface area contributed by atoms with Crippen LogP contribution >= 0.6 is 17.0 Å². The molecule has 0 saturated heterocycles. The molecule has 3 aromatic carbocycles. The quantitative estimate of drug-likeness (QED) is 0.373. The maximum atomic E-state index is 4.93. The van der Waals surface area contributed by atoms with Crippen LogP contribution in [0.25, 0.3) is 21.9 Å². The number of rotatable bonds is 4. The standard InChI is InChI=1S/C21H23.2ClH.Zr/c1-4-8-16-13-18-12-11-15(3)21(20(18)14-16)19-10-7-6-9-17(19)5-2;;;/h6-7,9-14H,4-5,8H2,1-3H3;2*1H;/q-1;;;+2/p-2. The molecule has 3 aromatic rings. The van der Waals surface area contributed by atoms with Crippen LogP contribution in [0.5, 0.6) is 0 Å². The SMILES string of the molecule is CCCc1cc2c(-c3ccccc3CC)c(C)ccc2[cH-]1.[Cl][Zr][Cl]. The maximum absolute atomic E-state index is 4.93. The summed E-state index contributed by atoms with van der Waals surface area (Å²) in [6.07, 6.45) is 3.45. The molecule has 0 amide bonds. The molecule has 0 unspecified atom stereocenters. The second kappa shape index (κ2) is 9.86. The molecule has 0 saturated carbocycles. The van der Waals surface area contributed by atoms with E-state index in [0.717, 1.165) is 6.42 Å². The van der Waals surface area contributed by atoms with Gasteiger partial charge < -0.3 is 0 Å². The van der Waals surface area contributed by atoms with Gasteiger partial charge in [-0.1, -0.05) is 55.7 Å². The average Bonchev–Trinajstić information content (AvgIpc) is 2.98. The predicted octanol–water partition coefficient (Wildman–Crippen LogP) is 7.43. The van der Waals surface area contributed by atoms with Crippen molar-refractivity contribution in [3.8, 4) is 11.1 Å². The molecule has 0 spiro atoms. The number of halogens is 2. The Balaban J connectivity index is 0.000000647. The summed E-state index contributed by atoms with van der Waals surface area (Å²) in [4.78, 5) is 0. The molecule has 3 rings (SSSR count). The molecular formula is C21H23Cl2Zr-. The topological polar surface area (TPSA) is 0 Å². The van der Waals surface area contributed by atoms with E-state index in [1.54, 1.807) is 0 Å². The Morgan fingerprint density at radius 1 is 1.04 bits per heavy atom. The number of benzene rings is 2. The summed E-state index contributed by atoms with van der Waals surface area (Å²) in [6, 6.07) is 18.1. The Kier molecular flexibility index (Phi) is 8.15. The van der Waals surface area contributed by atoms with E-state index in [-0.39, 0.29) is 0 Å². The minimum atomic E-state index is -0.826. The third-order valence-electron chi connectivity index (χ3n) is 4.36. The monoisotopic (exact) mass is 435 g/mol. The van der Waals surface area contributed by atoms with Crippen LogP contribution in [0.3, 0.4) is 0 Å². The molecule has 0 aliphatic carbocycles. The van der Waals surface area contributed by atoms with Crippen LogP contribution in [-0.2, 0) is 33.7 Å². The molecule has 0 bridgehead atoms. The van der Waals surface area contributed by atoms with Gasteiger partial charge in [0.25, 0.3) is 0 Å². The summed E-state index contributed by atoms with van der Waals surface area (Å²) in [5, 5.41) is 2.80. The van der Waals surface area contributed by atoms with Gasteiger partial charge in [-0.05, 0) is 30.9 Å². The fraction of sp³-hybridized carbons (Fsp3) is 0.286. The fourth-order valence-electron chi connectivity index (χ4n) is 3.32. The van der Waals surface area contributed by atoms with Gasteiger partial charge in [0, 0.05) is 0 Å². The minimum absolute atomic E-state index is 0.826. The molecular weight excluding hydrogens is 414 g/mol. The average molecular weight is 438 g/mol. The van der Waals surface area contributed by atoms with E-state index in [1.807, 2.05) is 0 Å². The van der Waals surface area contributed by atoms with Crippen LogP contribution in [0.1, 0.15) is 37.0 Å². The van der Waals surface area contributed by atoms with E-state index < -0.39 is 20.8 Å². The molecule has 0 aliphatic heterocycles. The Morgan fingerprint density at radius 3 is 2.42 bits per heavy atom. The van der Waals surface area contributed by atoms with Crippen LogP contribution in [0.15, 0.2) is 48.5 Å². The van der Waals surface area contributed by atoms with Gasteiger partial charge in [0.15, 0.2) is 0 Å². The van der Waals surface area contributed by atoms with Gasteiger partial charge in [-0.2, -0.15) is 6.07 Å². The van der Waals surface area contributed by atoms with Crippen molar-refractivity contribution in [3.05, 3.63) is 65.2 Å². The van der Waals surface area contributed by atoms with Crippen molar-refractivity contribution in [2.24, 2.45) is 0 Å². The first-order valence-electron chi connectivity index (χ1n) is 8.39. The third kappa shape index (κ3) is 4.57. The third-order valence-corrected chi connectivity index (χ3v) is 4.36. The Hall–Kier alpha value is -0.487. The molecule has 0 heterocycles. The van der Waals surface area contributed by atoms with Crippen LogP contribution in [0, 0.1) is 6.92 Å². The molecule has 0 aromatic heterocycles. The van der Waals surface area contributed by atoms with Gasteiger partial charge >= 0.3 is 37.9 Å². The van der Waals surface area contributed by atoms with E-state index >= 15 is 0 Å². The van der Waals surface area contributed by atoms with Crippen LogP contribution in [-0.4, -0.2) is 0 Å². The Morgan fingerprint density at radius 2 is 1.75 bits per heavy atom. The van der Waals surface area contributed by atoms with E-state index in [4.69, 9.17) is 17.0 Å². The normalized spacial score (nSPS) is 10.4. The molecule has 0 atom stereocenters. The summed E-state index contributed by atoms with van der Waals surface area (Å²) in [7, 11) is 9.87. The second-order valence-electron chi connectivity index (χ2n) is 5.96. The van der Waals surface area contributed by atoms with Gasteiger partial charge in [0.05, 0.1) is 0 Å². The summed E-state index contributed by atoms with van der Waals surface area (Å²) in [6.45, 7) is 6.71. The molecule has 0 nitrogen and oxygen atoms in total. The van der Waals surface area contributed by atoms with Crippen molar-refractivity contribution >= 4 is 27.8 Å². The van der Waals surface area contributed by atoms with Crippen LogP contribution in [0.2, 0.25) is 0 Å². The summed E-state index contributed by atoms with van der Waals surface area (Å²) in [5.41, 5.74) is 7.10. The number of hydrogen-bond acceptors (Lipinski definition) is 0. The fourth-order valence-corrected chi connectivity index (χ4v) is 3.32. The Bertz CT molecular complexity index is 790.